The maximum Gasteiger partial charge on any atom is 0.257 e. The van der Waals surface area contributed by atoms with Crippen LogP contribution in [0.3, 0.4) is 0 Å². The number of hydrogen-bond donors (Lipinski definition) is 1. The first-order valence-electron chi connectivity index (χ1n) is 9.22. The molecule has 1 amide bonds. The Morgan fingerprint density at radius 2 is 1.86 bits per heavy atom. The van der Waals surface area contributed by atoms with Gasteiger partial charge in [-0.25, -0.2) is 9.37 Å². The molecular formula is C22H21ClFN3O2. The van der Waals surface area contributed by atoms with E-state index in [1.54, 1.807) is 19.1 Å². The van der Waals surface area contributed by atoms with Crippen LogP contribution >= 0.6 is 11.6 Å². The van der Waals surface area contributed by atoms with Gasteiger partial charge in [-0.2, -0.15) is 0 Å². The molecule has 0 bridgehead atoms. The second-order valence-corrected chi connectivity index (χ2v) is 7.19. The molecule has 29 heavy (non-hydrogen) atoms. The van der Waals surface area contributed by atoms with Crippen molar-refractivity contribution in [2.24, 2.45) is 0 Å². The summed E-state index contributed by atoms with van der Waals surface area (Å²) in [6.45, 7) is 5.27. The molecule has 3 rings (SSSR count). The lowest BCUT2D eigenvalue weighted by Gasteiger charge is -2.16. The molecule has 0 saturated heterocycles. The molecule has 0 saturated carbocycles. The predicted octanol–water partition coefficient (Wildman–Crippen LogP) is 4.52. The second kappa shape index (κ2) is 8.57. The van der Waals surface area contributed by atoms with E-state index in [4.69, 9.17) is 11.6 Å². The molecule has 5 nitrogen and oxygen atoms in total. The van der Waals surface area contributed by atoms with Gasteiger partial charge in [-0.3, -0.25) is 14.2 Å². The highest BCUT2D eigenvalue weighted by molar-refractivity contribution is 6.33. The van der Waals surface area contributed by atoms with E-state index >= 15 is 0 Å². The highest BCUT2D eigenvalue weighted by atomic mass is 35.5. The van der Waals surface area contributed by atoms with Gasteiger partial charge in [0.2, 0.25) is 5.91 Å². The van der Waals surface area contributed by atoms with Gasteiger partial charge in [0.25, 0.3) is 5.56 Å². The zero-order valence-corrected chi connectivity index (χ0v) is 17.2. The molecular weight excluding hydrogens is 393 g/mol. The largest absolute Gasteiger partial charge is 0.323 e. The summed E-state index contributed by atoms with van der Waals surface area (Å²) in [5, 5.41) is 3.15. The number of amides is 1. The summed E-state index contributed by atoms with van der Waals surface area (Å²) < 4.78 is 14.6. The van der Waals surface area contributed by atoms with Gasteiger partial charge in [-0.1, -0.05) is 24.6 Å². The van der Waals surface area contributed by atoms with E-state index in [9.17, 15) is 14.0 Å². The molecule has 1 heterocycles. The van der Waals surface area contributed by atoms with Gasteiger partial charge in [0.1, 0.15) is 18.2 Å². The van der Waals surface area contributed by atoms with Gasteiger partial charge in [-0.05, 0) is 62.2 Å². The molecule has 0 atom stereocenters. The van der Waals surface area contributed by atoms with E-state index in [0.717, 1.165) is 5.56 Å². The number of halogens is 2. The monoisotopic (exact) mass is 413 g/mol. The Hall–Kier alpha value is -2.99. The van der Waals surface area contributed by atoms with E-state index in [1.165, 1.54) is 28.8 Å². The Kier molecular flexibility index (Phi) is 6.13. The molecule has 0 aliphatic rings. The highest BCUT2D eigenvalue weighted by Gasteiger charge is 2.17. The van der Waals surface area contributed by atoms with Gasteiger partial charge < -0.3 is 5.32 Å². The quantitative estimate of drug-likeness (QED) is 0.668. The number of carbonyl (C=O) groups is 1. The van der Waals surface area contributed by atoms with Crippen molar-refractivity contribution in [3.8, 4) is 11.4 Å². The topological polar surface area (TPSA) is 64.0 Å². The van der Waals surface area contributed by atoms with Gasteiger partial charge in [0.05, 0.1) is 10.7 Å². The number of aryl methyl sites for hydroxylation is 2. The Morgan fingerprint density at radius 1 is 1.17 bits per heavy atom. The van der Waals surface area contributed by atoms with Crippen LogP contribution in [0.2, 0.25) is 5.02 Å². The molecule has 1 aromatic heterocycles. The van der Waals surface area contributed by atoms with E-state index in [1.807, 2.05) is 19.9 Å². The Labute approximate surface area is 173 Å². The van der Waals surface area contributed by atoms with Crippen LogP contribution in [0.15, 0.2) is 47.3 Å². The van der Waals surface area contributed by atoms with Crippen molar-refractivity contribution in [3.63, 3.8) is 0 Å². The minimum Gasteiger partial charge on any atom is -0.323 e. The van der Waals surface area contributed by atoms with Gasteiger partial charge >= 0.3 is 0 Å². The smallest absolute Gasteiger partial charge is 0.257 e. The van der Waals surface area contributed by atoms with Crippen molar-refractivity contribution in [2.75, 3.05) is 5.32 Å². The van der Waals surface area contributed by atoms with E-state index in [-0.39, 0.29) is 12.1 Å². The van der Waals surface area contributed by atoms with Crippen LogP contribution in [-0.2, 0) is 17.8 Å². The fourth-order valence-electron chi connectivity index (χ4n) is 3.13. The average molecular weight is 414 g/mol. The molecule has 0 aliphatic carbocycles. The minimum atomic E-state index is -0.408. The Bertz CT molecular complexity index is 1120. The van der Waals surface area contributed by atoms with E-state index in [0.29, 0.717) is 39.8 Å². The molecule has 1 N–H and O–H groups in total. The molecule has 0 unspecified atom stereocenters. The lowest BCUT2D eigenvalue weighted by atomic mass is 10.1. The highest BCUT2D eigenvalue weighted by Crippen LogP contribution is 2.23. The normalized spacial score (nSPS) is 10.8. The Balaban J connectivity index is 2.01. The first-order chi connectivity index (χ1) is 13.8. The van der Waals surface area contributed by atoms with Crippen LogP contribution in [0.25, 0.3) is 11.4 Å². The zero-order chi connectivity index (χ0) is 21.1. The fourth-order valence-corrected chi connectivity index (χ4v) is 3.41. The van der Waals surface area contributed by atoms with Crippen molar-refractivity contribution < 1.29 is 9.18 Å². The van der Waals surface area contributed by atoms with Crippen molar-refractivity contribution in [1.29, 1.82) is 0 Å². The van der Waals surface area contributed by atoms with E-state index in [2.05, 4.69) is 10.3 Å². The SMILES string of the molecule is CCc1c(C)nc(-c2ccc(F)cc2)n(CC(=O)Nc2ccc(C)cc2Cl)c1=O. The third kappa shape index (κ3) is 4.54. The summed E-state index contributed by atoms with van der Waals surface area (Å²) in [5.74, 6) is -0.486. The van der Waals surface area contributed by atoms with Crippen LogP contribution in [0.4, 0.5) is 10.1 Å². The van der Waals surface area contributed by atoms with Gasteiger partial charge in [-0.15, -0.1) is 0 Å². The van der Waals surface area contributed by atoms with Crippen molar-refractivity contribution in [3.05, 3.63) is 80.5 Å². The summed E-state index contributed by atoms with van der Waals surface area (Å²) in [6.07, 6.45) is 0.493. The molecule has 0 fully saturated rings. The van der Waals surface area contributed by atoms with Crippen LogP contribution in [0.1, 0.15) is 23.7 Å². The van der Waals surface area contributed by atoms with Crippen molar-refractivity contribution in [2.45, 2.75) is 33.7 Å². The number of rotatable bonds is 5. The van der Waals surface area contributed by atoms with Crippen LogP contribution in [-0.4, -0.2) is 15.5 Å². The average Bonchev–Trinajstić information content (AvgIpc) is 2.67. The standard InChI is InChI=1S/C22H21ClFN3O2/c1-4-17-14(3)25-21(15-6-8-16(24)9-7-15)27(22(17)29)12-20(28)26-19-10-5-13(2)11-18(19)23/h5-11H,4,12H2,1-3H3,(H,26,28). The number of anilines is 1. The van der Waals surface area contributed by atoms with Crippen LogP contribution in [0.5, 0.6) is 0 Å². The molecule has 150 valence electrons. The summed E-state index contributed by atoms with van der Waals surface area (Å²) in [5.41, 5.74) is 2.83. The first-order valence-corrected chi connectivity index (χ1v) is 9.60. The molecule has 2 aromatic carbocycles. The van der Waals surface area contributed by atoms with Gasteiger partial charge in [0, 0.05) is 16.8 Å². The maximum absolute atomic E-state index is 13.3. The van der Waals surface area contributed by atoms with Crippen molar-refractivity contribution >= 4 is 23.2 Å². The molecule has 0 radical (unpaired) electrons. The number of nitrogens with one attached hydrogen (secondary N) is 1. The number of hydrogen-bond acceptors (Lipinski definition) is 3. The zero-order valence-electron chi connectivity index (χ0n) is 16.4. The number of nitrogens with zero attached hydrogens (tertiary/aromatic N) is 2. The van der Waals surface area contributed by atoms with E-state index < -0.39 is 11.7 Å². The number of aromatic nitrogens is 2. The number of carbonyl (C=O) groups excluding carboxylic acids is 1. The molecule has 7 heteroatoms. The second-order valence-electron chi connectivity index (χ2n) is 6.78. The first kappa shape index (κ1) is 20.7. The van der Waals surface area contributed by atoms with Gasteiger partial charge in [0.15, 0.2) is 0 Å². The van der Waals surface area contributed by atoms with Crippen molar-refractivity contribution in [1.82, 2.24) is 9.55 Å². The molecule has 3 aromatic rings. The van der Waals surface area contributed by atoms with Crippen LogP contribution in [0, 0.1) is 19.7 Å². The van der Waals surface area contributed by atoms with Crippen LogP contribution < -0.4 is 10.9 Å². The molecule has 0 spiro atoms. The lowest BCUT2D eigenvalue weighted by molar-refractivity contribution is -0.116. The summed E-state index contributed by atoms with van der Waals surface area (Å²) >= 11 is 6.19. The summed E-state index contributed by atoms with van der Waals surface area (Å²) in [7, 11) is 0. The number of benzene rings is 2. The minimum absolute atomic E-state index is 0.240. The Morgan fingerprint density at radius 3 is 2.48 bits per heavy atom. The summed E-state index contributed by atoms with van der Waals surface area (Å²) in [4.78, 5) is 30.2. The molecule has 0 aliphatic heterocycles. The maximum atomic E-state index is 13.3. The summed E-state index contributed by atoms with van der Waals surface area (Å²) in [6, 6.07) is 10.9. The fraction of sp³-hybridized carbons (Fsp3) is 0.227. The third-order valence-electron chi connectivity index (χ3n) is 4.63. The predicted molar refractivity (Wildman–Crippen MR) is 113 cm³/mol. The lowest BCUT2D eigenvalue weighted by Crippen LogP contribution is -2.32. The third-order valence-corrected chi connectivity index (χ3v) is 4.94.